The standard InChI is InChI=1S/C19H22N2O2/c1-3-8-14(2)20-19(23)16-11-7-12-17(13-16)21-18(22)15-9-5-4-6-10-15/h4-7,9-14H,3,8H2,1-2H3,(H,20,23)(H,21,22). The van der Waals surface area contributed by atoms with Crippen LogP contribution in [-0.4, -0.2) is 17.9 Å². The third kappa shape index (κ3) is 4.95. The van der Waals surface area contributed by atoms with Gasteiger partial charge in [-0.05, 0) is 43.7 Å². The van der Waals surface area contributed by atoms with Crippen molar-refractivity contribution < 1.29 is 9.59 Å². The summed E-state index contributed by atoms with van der Waals surface area (Å²) in [5.74, 6) is -0.315. The first-order valence-electron chi connectivity index (χ1n) is 7.87. The Morgan fingerprint density at radius 1 is 0.957 bits per heavy atom. The van der Waals surface area contributed by atoms with E-state index in [1.807, 2.05) is 25.1 Å². The van der Waals surface area contributed by atoms with Crippen LogP contribution in [0, 0.1) is 0 Å². The lowest BCUT2D eigenvalue weighted by Gasteiger charge is -2.13. The van der Waals surface area contributed by atoms with Gasteiger partial charge in [0.1, 0.15) is 0 Å². The molecule has 0 spiro atoms. The van der Waals surface area contributed by atoms with E-state index < -0.39 is 0 Å². The minimum Gasteiger partial charge on any atom is -0.350 e. The van der Waals surface area contributed by atoms with Crippen LogP contribution >= 0.6 is 0 Å². The van der Waals surface area contributed by atoms with Gasteiger partial charge >= 0.3 is 0 Å². The molecule has 120 valence electrons. The Morgan fingerprint density at radius 2 is 1.65 bits per heavy atom. The van der Waals surface area contributed by atoms with E-state index in [0.29, 0.717) is 16.8 Å². The van der Waals surface area contributed by atoms with Gasteiger partial charge in [0.15, 0.2) is 0 Å². The molecule has 1 atom stereocenters. The van der Waals surface area contributed by atoms with Gasteiger partial charge in [0.2, 0.25) is 0 Å². The minimum absolute atomic E-state index is 0.123. The lowest BCUT2D eigenvalue weighted by Crippen LogP contribution is -2.32. The molecule has 2 aromatic rings. The number of hydrogen-bond acceptors (Lipinski definition) is 2. The monoisotopic (exact) mass is 310 g/mol. The smallest absolute Gasteiger partial charge is 0.255 e. The van der Waals surface area contributed by atoms with Crippen molar-refractivity contribution in [2.45, 2.75) is 32.7 Å². The van der Waals surface area contributed by atoms with Gasteiger partial charge in [0, 0.05) is 22.9 Å². The lowest BCUT2D eigenvalue weighted by molar-refractivity contribution is 0.0937. The Bertz CT molecular complexity index is 668. The Kier molecular flexibility index (Phi) is 5.92. The zero-order valence-corrected chi connectivity index (χ0v) is 13.5. The number of rotatable bonds is 6. The van der Waals surface area contributed by atoms with Crippen molar-refractivity contribution >= 4 is 17.5 Å². The molecular formula is C19H22N2O2. The summed E-state index contributed by atoms with van der Waals surface area (Å²) in [6, 6.07) is 16.1. The summed E-state index contributed by atoms with van der Waals surface area (Å²) in [7, 11) is 0. The highest BCUT2D eigenvalue weighted by Gasteiger charge is 2.11. The Hall–Kier alpha value is -2.62. The minimum atomic E-state index is -0.192. The summed E-state index contributed by atoms with van der Waals surface area (Å²) in [6.07, 6.45) is 1.96. The van der Waals surface area contributed by atoms with Gasteiger partial charge in [-0.3, -0.25) is 9.59 Å². The van der Waals surface area contributed by atoms with E-state index in [1.165, 1.54) is 0 Å². The first-order valence-corrected chi connectivity index (χ1v) is 7.87. The highest BCUT2D eigenvalue weighted by atomic mass is 16.2. The van der Waals surface area contributed by atoms with Crippen LogP contribution in [0.4, 0.5) is 5.69 Å². The predicted octanol–water partition coefficient (Wildman–Crippen LogP) is 3.86. The number of benzene rings is 2. The second kappa shape index (κ2) is 8.13. The molecule has 2 N–H and O–H groups in total. The van der Waals surface area contributed by atoms with E-state index in [-0.39, 0.29) is 17.9 Å². The topological polar surface area (TPSA) is 58.2 Å². The molecule has 0 aliphatic rings. The third-order valence-electron chi connectivity index (χ3n) is 3.52. The summed E-state index contributed by atoms with van der Waals surface area (Å²) in [4.78, 5) is 24.4. The normalized spacial score (nSPS) is 11.6. The number of hydrogen-bond donors (Lipinski definition) is 2. The molecule has 0 aliphatic heterocycles. The molecular weight excluding hydrogens is 288 g/mol. The van der Waals surface area contributed by atoms with E-state index in [1.54, 1.807) is 36.4 Å². The molecule has 2 amide bonds. The van der Waals surface area contributed by atoms with Crippen molar-refractivity contribution in [2.24, 2.45) is 0 Å². The molecule has 0 aromatic heterocycles. The second-order valence-corrected chi connectivity index (χ2v) is 5.56. The number of nitrogens with one attached hydrogen (secondary N) is 2. The fraction of sp³-hybridized carbons (Fsp3) is 0.263. The van der Waals surface area contributed by atoms with Gasteiger partial charge in [-0.2, -0.15) is 0 Å². The molecule has 2 aromatic carbocycles. The van der Waals surface area contributed by atoms with Crippen LogP contribution in [-0.2, 0) is 0 Å². The van der Waals surface area contributed by atoms with E-state index in [0.717, 1.165) is 12.8 Å². The highest BCUT2D eigenvalue weighted by molar-refractivity contribution is 6.05. The van der Waals surface area contributed by atoms with Crippen LogP contribution in [0.15, 0.2) is 54.6 Å². The van der Waals surface area contributed by atoms with Gasteiger partial charge < -0.3 is 10.6 Å². The maximum absolute atomic E-state index is 12.2. The summed E-state index contributed by atoms with van der Waals surface area (Å²) in [5.41, 5.74) is 1.73. The summed E-state index contributed by atoms with van der Waals surface area (Å²) in [6.45, 7) is 4.07. The van der Waals surface area contributed by atoms with Crippen LogP contribution in [0.5, 0.6) is 0 Å². The summed E-state index contributed by atoms with van der Waals surface area (Å²) < 4.78 is 0. The SMILES string of the molecule is CCCC(C)NC(=O)c1cccc(NC(=O)c2ccccc2)c1. The maximum Gasteiger partial charge on any atom is 0.255 e. The van der Waals surface area contributed by atoms with Crippen molar-refractivity contribution in [2.75, 3.05) is 5.32 Å². The average molecular weight is 310 g/mol. The Morgan fingerprint density at radius 3 is 2.35 bits per heavy atom. The first-order chi connectivity index (χ1) is 11.1. The zero-order chi connectivity index (χ0) is 16.7. The van der Waals surface area contributed by atoms with Crippen LogP contribution in [0.3, 0.4) is 0 Å². The van der Waals surface area contributed by atoms with Gasteiger partial charge in [0.05, 0.1) is 0 Å². The number of anilines is 1. The largest absolute Gasteiger partial charge is 0.350 e. The van der Waals surface area contributed by atoms with E-state index in [2.05, 4.69) is 17.6 Å². The third-order valence-corrected chi connectivity index (χ3v) is 3.52. The molecule has 0 heterocycles. The summed E-state index contributed by atoms with van der Waals surface area (Å²) in [5, 5.41) is 5.77. The molecule has 4 heteroatoms. The molecule has 0 saturated heterocycles. The molecule has 0 bridgehead atoms. The quantitative estimate of drug-likeness (QED) is 0.851. The van der Waals surface area contributed by atoms with Crippen molar-refractivity contribution in [3.05, 3.63) is 65.7 Å². The van der Waals surface area contributed by atoms with Gasteiger partial charge in [-0.15, -0.1) is 0 Å². The number of carbonyl (C=O) groups excluding carboxylic acids is 2. The molecule has 0 radical (unpaired) electrons. The zero-order valence-electron chi connectivity index (χ0n) is 13.5. The van der Waals surface area contributed by atoms with Gasteiger partial charge in [-0.1, -0.05) is 37.6 Å². The predicted molar refractivity (Wildman–Crippen MR) is 92.7 cm³/mol. The van der Waals surface area contributed by atoms with Gasteiger partial charge in [0.25, 0.3) is 11.8 Å². The molecule has 4 nitrogen and oxygen atoms in total. The molecule has 0 aliphatic carbocycles. The fourth-order valence-electron chi connectivity index (χ4n) is 2.34. The molecule has 0 fully saturated rings. The first kappa shape index (κ1) is 16.7. The lowest BCUT2D eigenvalue weighted by atomic mass is 10.1. The van der Waals surface area contributed by atoms with E-state index in [4.69, 9.17) is 0 Å². The Balaban J connectivity index is 2.05. The van der Waals surface area contributed by atoms with E-state index >= 15 is 0 Å². The van der Waals surface area contributed by atoms with Crippen molar-refractivity contribution in [3.8, 4) is 0 Å². The van der Waals surface area contributed by atoms with Crippen molar-refractivity contribution in [3.63, 3.8) is 0 Å². The van der Waals surface area contributed by atoms with Crippen LogP contribution in [0.25, 0.3) is 0 Å². The highest BCUT2D eigenvalue weighted by Crippen LogP contribution is 2.13. The number of carbonyl (C=O) groups is 2. The van der Waals surface area contributed by atoms with Crippen molar-refractivity contribution in [1.82, 2.24) is 5.32 Å². The molecule has 23 heavy (non-hydrogen) atoms. The number of amides is 2. The summed E-state index contributed by atoms with van der Waals surface area (Å²) >= 11 is 0. The van der Waals surface area contributed by atoms with Crippen LogP contribution < -0.4 is 10.6 Å². The van der Waals surface area contributed by atoms with Crippen LogP contribution in [0.1, 0.15) is 47.4 Å². The average Bonchev–Trinajstić information content (AvgIpc) is 2.56. The molecule has 2 rings (SSSR count). The Labute approximate surface area is 136 Å². The van der Waals surface area contributed by atoms with Crippen molar-refractivity contribution in [1.29, 1.82) is 0 Å². The second-order valence-electron chi connectivity index (χ2n) is 5.56. The van der Waals surface area contributed by atoms with Crippen LogP contribution in [0.2, 0.25) is 0 Å². The fourth-order valence-corrected chi connectivity index (χ4v) is 2.34. The van der Waals surface area contributed by atoms with Gasteiger partial charge in [-0.25, -0.2) is 0 Å². The molecule has 0 saturated carbocycles. The van der Waals surface area contributed by atoms with E-state index in [9.17, 15) is 9.59 Å². The maximum atomic E-state index is 12.2. The molecule has 1 unspecified atom stereocenters.